The highest BCUT2D eigenvalue weighted by atomic mass is 15.4. The van der Waals surface area contributed by atoms with E-state index >= 15 is 0 Å². The van der Waals surface area contributed by atoms with Crippen LogP contribution in [0.15, 0.2) is 6.20 Å². The maximum Gasteiger partial charge on any atom is 0.0861 e. The average molecular weight is 208 g/mol. The van der Waals surface area contributed by atoms with Crippen LogP contribution < -0.4 is 5.73 Å². The van der Waals surface area contributed by atoms with Gasteiger partial charge in [0, 0.05) is 25.2 Å². The van der Waals surface area contributed by atoms with Crippen molar-refractivity contribution in [1.29, 1.82) is 0 Å². The van der Waals surface area contributed by atoms with Gasteiger partial charge in [0.15, 0.2) is 0 Å². The molecule has 3 atom stereocenters. The van der Waals surface area contributed by atoms with Gasteiger partial charge in [-0.15, -0.1) is 5.10 Å². The summed E-state index contributed by atoms with van der Waals surface area (Å²) < 4.78 is 1.78. The van der Waals surface area contributed by atoms with Crippen LogP contribution in [0.3, 0.4) is 0 Å². The van der Waals surface area contributed by atoms with Gasteiger partial charge in [0.1, 0.15) is 0 Å². The first-order valence-corrected chi connectivity index (χ1v) is 5.82. The molecule has 0 aliphatic heterocycles. The molecule has 0 saturated heterocycles. The largest absolute Gasteiger partial charge is 0.328 e. The van der Waals surface area contributed by atoms with Crippen LogP contribution in [0.4, 0.5) is 0 Å². The molecule has 0 spiro atoms. The van der Waals surface area contributed by atoms with Crippen molar-refractivity contribution >= 4 is 0 Å². The van der Waals surface area contributed by atoms with Crippen molar-refractivity contribution in [2.24, 2.45) is 18.7 Å². The highest BCUT2D eigenvalue weighted by Crippen LogP contribution is 2.37. The van der Waals surface area contributed by atoms with Crippen LogP contribution in [0.5, 0.6) is 0 Å². The highest BCUT2D eigenvalue weighted by Gasteiger charge is 2.30. The topological polar surface area (TPSA) is 56.7 Å². The third-order valence-electron chi connectivity index (χ3n) is 3.56. The molecule has 1 saturated carbocycles. The van der Waals surface area contributed by atoms with Gasteiger partial charge >= 0.3 is 0 Å². The number of hydrogen-bond acceptors (Lipinski definition) is 3. The molecule has 0 bridgehead atoms. The van der Waals surface area contributed by atoms with Crippen LogP contribution in [-0.4, -0.2) is 21.0 Å². The monoisotopic (exact) mass is 208 g/mol. The van der Waals surface area contributed by atoms with Gasteiger partial charge in [-0.2, -0.15) is 0 Å². The van der Waals surface area contributed by atoms with Crippen molar-refractivity contribution in [2.75, 3.05) is 0 Å². The van der Waals surface area contributed by atoms with Crippen LogP contribution in [0.1, 0.15) is 44.2 Å². The van der Waals surface area contributed by atoms with E-state index in [1.807, 2.05) is 13.2 Å². The van der Waals surface area contributed by atoms with Gasteiger partial charge in [-0.1, -0.05) is 18.6 Å². The van der Waals surface area contributed by atoms with Crippen molar-refractivity contribution in [1.82, 2.24) is 15.0 Å². The fourth-order valence-electron chi connectivity index (χ4n) is 2.65. The SMILES string of the molecule is CCC1CCC(N)CC1c1cn(C)nn1. The molecule has 0 amide bonds. The second kappa shape index (κ2) is 4.31. The van der Waals surface area contributed by atoms with Crippen molar-refractivity contribution in [2.45, 2.75) is 44.6 Å². The number of hydrogen-bond donors (Lipinski definition) is 1. The molecular weight excluding hydrogens is 188 g/mol. The third-order valence-corrected chi connectivity index (χ3v) is 3.56. The molecule has 1 heterocycles. The van der Waals surface area contributed by atoms with Gasteiger partial charge in [0.05, 0.1) is 5.69 Å². The number of nitrogens with zero attached hydrogens (tertiary/aromatic N) is 3. The lowest BCUT2D eigenvalue weighted by Gasteiger charge is -2.32. The molecule has 2 N–H and O–H groups in total. The van der Waals surface area contributed by atoms with E-state index in [0.29, 0.717) is 12.0 Å². The van der Waals surface area contributed by atoms with Crippen molar-refractivity contribution in [3.63, 3.8) is 0 Å². The van der Waals surface area contributed by atoms with Crippen LogP contribution >= 0.6 is 0 Å². The molecule has 4 nitrogen and oxygen atoms in total. The van der Waals surface area contributed by atoms with E-state index < -0.39 is 0 Å². The van der Waals surface area contributed by atoms with E-state index in [-0.39, 0.29) is 0 Å². The Kier molecular flexibility index (Phi) is 3.05. The van der Waals surface area contributed by atoms with Gasteiger partial charge in [0.25, 0.3) is 0 Å². The zero-order chi connectivity index (χ0) is 10.8. The Morgan fingerprint density at radius 2 is 2.33 bits per heavy atom. The maximum atomic E-state index is 6.03. The van der Waals surface area contributed by atoms with Gasteiger partial charge in [-0.3, -0.25) is 4.68 Å². The lowest BCUT2D eigenvalue weighted by Crippen LogP contribution is -2.32. The third kappa shape index (κ3) is 2.20. The van der Waals surface area contributed by atoms with Crippen LogP contribution in [0, 0.1) is 5.92 Å². The predicted octanol–water partition coefficient (Wildman–Crippen LogP) is 1.44. The van der Waals surface area contributed by atoms with Gasteiger partial charge < -0.3 is 5.73 Å². The fourth-order valence-corrected chi connectivity index (χ4v) is 2.65. The van der Waals surface area contributed by atoms with E-state index in [1.165, 1.54) is 12.8 Å². The maximum absolute atomic E-state index is 6.03. The normalized spacial score (nSPS) is 31.8. The average Bonchev–Trinajstić information content (AvgIpc) is 2.65. The van der Waals surface area contributed by atoms with E-state index in [4.69, 9.17) is 5.73 Å². The van der Waals surface area contributed by atoms with Crippen LogP contribution in [0.2, 0.25) is 0 Å². The Labute approximate surface area is 90.8 Å². The van der Waals surface area contributed by atoms with E-state index in [2.05, 4.69) is 17.2 Å². The Balaban J connectivity index is 2.16. The highest BCUT2D eigenvalue weighted by molar-refractivity contribution is 5.06. The quantitative estimate of drug-likeness (QED) is 0.800. The molecule has 2 rings (SSSR count). The lowest BCUT2D eigenvalue weighted by molar-refractivity contribution is 0.269. The van der Waals surface area contributed by atoms with Crippen LogP contribution in [-0.2, 0) is 7.05 Å². The molecule has 84 valence electrons. The summed E-state index contributed by atoms with van der Waals surface area (Å²) in [7, 11) is 1.92. The first-order valence-electron chi connectivity index (χ1n) is 5.82. The minimum Gasteiger partial charge on any atom is -0.328 e. The van der Waals surface area contributed by atoms with Gasteiger partial charge in [-0.05, 0) is 25.2 Å². The lowest BCUT2D eigenvalue weighted by atomic mass is 9.74. The van der Waals surface area contributed by atoms with E-state index in [0.717, 1.165) is 24.5 Å². The van der Waals surface area contributed by atoms with Crippen LogP contribution in [0.25, 0.3) is 0 Å². The minimum absolute atomic E-state index is 0.347. The predicted molar refractivity (Wildman–Crippen MR) is 59.4 cm³/mol. The van der Waals surface area contributed by atoms with E-state index in [9.17, 15) is 0 Å². The van der Waals surface area contributed by atoms with Crippen molar-refractivity contribution in [3.8, 4) is 0 Å². The Morgan fingerprint density at radius 3 is 2.93 bits per heavy atom. The summed E-state index contributed by atoms with van der Waals surface area (Å²) in [5, 5.41) is 8.24. The molecule has 3 unspecified atom stereocenters. The molecule has 1 aliphatic carbocycles. The molecule has 1 aromatic rings. The summed E-state index contributed by atoms with van der Waals surface area (Å²) in [6.45, 7) is 2.25. The van der Waals surface area contributed by atoms with Gasteiger partial charge in [-0.25, -0.2) is 0 Å². The molecule has 0 radical (unpaired) electrons. The first kappa shape index (κ1) is 10.6. The smallest absolute Gasteiger partial charge is 0.0861 e. The molecule has 15 heavy (non-hydrogen) atoms. The fraction of sp³-hybridized carbons (Fsp3) is 0.818. The summed E-state index contributed by atoms with van der Waals surface area (Å²) in [5.74, 6) is 1.26. The Hall–Kier alpha value is -0.900. The molecular formula is C11H20N4. The zero-order valence-electron chi connectivity index (χ0n) is 9.56. The molecule has 1 aliphatic rings. The summed E-state index contributed by atoms with van der Waals surface area (Å²) in [4.78, 5) is 0. The standard InChI is InChI=1S/C11H20N4/c1-3-8-4-5-9(12)6-10(8)11-7-15(2)14-13-11/h7-10H,3-6,12H2,1-2H3. The molecule has 0 aromatic carbocycles. The number of aromatic nitrogens is 3. The molecule has 1 fully saturated rings. The number of nitrogens with two attached hydrogens (primary N) is 1. The number of rotatable bonds is 2. The second-order valence-corrected chi connectivity index (χ2v) is 4.67. The second-order valence-electron chi connectivity index (χ2n) is 4.67. The van der Waals surface area contributed by atoms with Crippen molar-refractivity contribution in [3.05, 3.63) is 11.9 Å². The number of aryl methyl sites for hydroxylation is 1. The molecule has 1 aromatic heterocycles. The summed E-state index contributed by atoms with van der Waals surface area (Å²) in [6.07, 6.45) is 6.71. The summed E-state index contributed by atoms with van der Waals surface area (Å²) in [5.41, 5.74) is 7.16. The summed E-state index contributed by atoms with van der Waals surface area (Å²) >= 11 is 0. The van der Waals surface area contributed by atoms with Gasteiger partial charge in [0.2, 0.25) is 0 Å². The van der Waals surface area contributed by atoms with Crippen molar-refractivity contribution < 1.29 is 0 Å². The van der Waals surface area contributed by atoms with E-state index in [1.54, 1.807) is 4.68 Å². The Morgan fingerprint density at radius 1 is 1.53 bits per heavy atom. The Bertz CT molecular complexity index is 320. The summed E-state index contributed by atoms with van der Waals surface area (Å²) in [6, 6.07) is 0.347. The minimum atomic E-state index is 0.347. The first-order chi connectivity index (χ1) is 7.20. The molecule has 4 heteroatoms. The zero-order valence-corrected chi connectivity index (χ0v) is 9.56.